The molecule has 0 spiro atoms. The van der Waals surface area contributed by atoms with E-state index >= 15 is 0 Å². The van der Waals surface area contributed by atoms with Crippen LogP contribution in [0.5, 0.6) is 0 Å². The summed E-state index contributed by atoms with van der Waals surface area (Å²) in [6.07, 6.45) is 5.88. The molecule has 1 heterocycles. The van der Waals surface area contributed by atoms with Crippen molar-refractivity contribution in [3.63, 3.8) is 0 Å². The van der Waals surface area contributed by atoms with Crippen molar-refractivity contribution in [2.75, 3.05) is 0 Å². The number of nitrogens with one attached hydrogen (secondary N) is 1. The fraction of sp³-hybridized carbons (Fsp3) is 0.471. The molecule has 0 radical (unpaired) electrons. The molecule has 0 bridgehead atoms. The maximum Gasteiger partial charge on any atom is 0.0762 e. The van der Waals surface area contributed by atoms with E-state index in [9.17, 15) is 0 Å². The van der Waals surface area contributed by atoms with Gasteiger partial charge in [0, 0.05) is 18.8 Å². The smallest absolute Gasteiger partial charge is 0.0762 e. The van der Waals surface area contributed by atoms with Crippen molar-refractivity contribution in [1.82, 2.24) is 15.1 Å². The molecular weight excluding hydrogens is 246 g/mol. The number of hydrogen-bond donors (Lipinski definition) is 1. The Bertz CT molecular complexity index is 584. The third kappa shape index (κ3) is 3.10. The van der Waals surface area contributed by atoms with Gasteiger partial charge in [-0.2, -0.15) is 5.10 Å². The van der Waals surface area contributed by atoms with E-state index in [1.54, 1.807) is 0 Å². The molecule has 1 aliphatic carbocycles. The number of aromatic nitrogens is 2. The molecule has 1 aromatic carbocycles. The van der Waals surface area contributed by atoms with Crippen LogP contribution in [0.2, 0.25) is 0 Å². The SMILES string of the molecule is CC(C)NCc1ccn(Cc2ccc3c(c2)CCC3)n1. The first-order chi connectivity index (χ1) is 9.70. The molecule has 0 fully saturated rings. The summed E-state index contributed by atoms with van der Waals surface area (Å²) in [5.41, 5.74) is 5.55. The van der Waals surface area contributed by atoms with Gasteiger partial charge < -0.3 is 5.32 Å². The van der Waals surface area contributed by atoms with Crippen LogP contribution in [0, 0.1) is 0 Å². The number of fused-ring (bicyclic) bond motifs is 1. The third-order valence-corrected chi connectivity index (χ3v) is 3.89. The summed E-state index contributed by atoms with van der Waals surface area (Å²) in [7, 11) is 0. The van der Waals surface area contributed by atoms with Crippen LogP contribution in [0.1, 0.15) is 42.7 Å². The number of benzene rings is 1. The Hall–Kier alpha value is -1.61. The number of nitrogens with zero attached hydrogens (tertiary/aromatic N) is 2. The third-order valence-electron chi connectivity index (χ3n) is 3.89. The molecule has 0 amide bonds. The highest BCUT2D eigenvalue weighted by Crippen LogP contribution is 2.23. The maximum atomic E-state index is 4.63. The van der Waals surface area contributed by atoms with Crippen LogP contribution in [-0.4, -0.2) is 15.8 Å². The summed E-state index contributed by atoms with van der Waals surface area (Å²) in [6, 6.07) is 9.50. The topological polar surface area (TPSA) is 29.9 Å². The molecule has 20 heavy (non-hydrogen) atoms. The molecule has 1 aromatic heterocycles. The van der Waals surface area contributed by atoms with Crippen LogP contribution in [0.4, 0.5) is 0 Å². The highest BCUT2D eigenvalue weighted by Gasteiger charge is 2.11. The minimum atomic E-state index is 0.497. The highest BCUT2D eigenvalue weighted by atomic mass is 15.3. The van der Waals surface area contributed by atoms with Crippen LogP contribution in [0.3, 0.4) is 0 Å². The van der Waals surface area contributed by atoms with Gasteiger partial charge in [0.25, 0.3) is 0 Å². The normalized spacial score (nSPS) is 13.9. The lowest BCUT2D eigenvalue weighted by Crippen LogP contribution is -2.22. The molecule has 106 valence electrons. The highest BCUT2D eigenvalue weighted by molar-refractivity contribution is 5.35. The Morgan fingerprint density at radius 3 is 2.90 bits per heavy atom. The Balaban J connectivity index is 1.65. The second kappa shape index (κ2) is 5.80. The van der Waals surface area contributed by atoms with Gasteiger partial charge in [-0.05, 0) is 42.0 Å². The van der Waals surface area contributed by atoms with Gasteiger partial charge in [0.15, 0.2) is 0 Å². The Kier molecular flexibility index (Phi) is 3.88. The van der Waals surface area contributed by atoms with E-state index in [2.05, 4.69) is 54.7 Å². The van der Waals surface area contributed by atoms with Gasteiger partial charge in [-0.1, -0.05) is 32.0 Å². The van der Waals surface area contributed by atoms with Gasteiger partial charge >= 0.3 is 0 Å². The van der Waals surface area contributed by atoms with E-state index in [0.29, 0.717) is 6.04 Å². The fourth-order valence-corrected chi connectivity index (χ4v) is 2.81. The van der Waals surface area contributed by atoms with Crippen molar-refractivity contribution in [2.45, 2.75) is 52.2 Å². The molecule has 3 rings (SSSR count). The van der Waals surface area contributed by atoms with E-state index in [1.165, 1.54) is 36.0 Å². The van der Waals surface area contributed by atoms with Crippen LogP contribution < -0.4 is 5.32 Å². The molecule has 0 saturated carbocycles. The summed E-state index contributed by atoms with van der Waals surface area (Å²) in [5, 5.41) is 8.02. The van der Waals surface area contributed by atoms with Gasteiger partial charge in [-0.3, -0.25) is 4.68 Å². The van der Waals surface area contributed by atoms with Gasteiger partial charge in [0.2, 0.25) is 0 Å². The van der Waals surface area contributed by atoms with E-state index < -0.39 is 0 Å². The van der Waals surface area contributed by atoms with E-state index in [4.69, 9.17) is 0 Å². The van der Waals surface area contributed by atoms with Crippen molar-refractivity contribution in [3.05, 3.63) is 52.8 Å². The molecule has 0 atom stereocenters. The number of hydrogen-bond acceptors (Lipinski definition) is 2. The largest absolute Gasteiger partial charge is 0.309 e. The zero-order chi connectivity index (χ0) is 13.9. The Labute approximate surface area is 121 Å². The van der Waals surface area contributed by atoms with Crippen LogP contribution in [0.15, 0.2) is 30.5 Å². The van der Waals surface area contributed by atoms with Crippen LogP contribution in [-0.2, 0) is 25.9 Å². The monoisotopic (exact) mass is 269 g/mol. The molecule has 2 aromatic rings. The fourth-order valence-electron chi connectivity index (χ4n) is 2.81. The van der Waals surface area contributed by atoms with Crippen molar-refractivity contribution in [1.29, 1.82) is 0 Å². The maximum absolute atomic E-state index is 4.63. The zero-order valence-electron chi connectivity index (χ0n) is 12.4. The lowest BCUT2D eigenvalue weighted by Gasteiger charge is -2.06. The summed E-state index contributed by atoms with van der Waals surface area (Å²) in [4.78, 5) is 0. The zero-order valence-corrected chi connectivity index (χ0v) is 12.4. The first-order valence-corrected chi connectivity index (χ1v) is 7.57. The minimum absolute atomic E-state index is 0.497. The molecule has 3 nitrogen and oxygen atoms in total. The predicted octanol–water partition coefficient (Wildman–Crippen LogP) is 2.92. The second-order valence-corrected chi connectivity index (χ2v) is 6.00. The average Bonchev–Trinajstić information content (AvgIpc) is 3.04. The molecule has 0 unspecified atom stereocenters. The molecule has 1 aliphatic rings. The number of aryl methyl sites for hydroxylation is 2. The first kappa shape index (κ1) is 13.4. The molecule has 3 heteroatoms. The molecule has 1 N–H and O–H groups in total. The van der Waals surface area contributed by atoms with Gasteiger partial charge in [-0.15, -0.1) is 0 Å². The summed E-state index contributed by atoms with van der Waals surface area (Å²) in [5.74, 6) is 0. The van der Waals surface area contributed by atoms with Crippen molar-refractivity contribution in [3.8, 4) is 0 Å². The molecule has 0 aliphatic heterocycles. The van der Waals surface area contributed by atoms with Crippen molar-refractivity contribution in [2.24, 2.45) is 0 Å². The van der Waals surface area contributed by atoms with E-state index in [1.807, 2.05) is 4.68 Å². The summed E-state index contributed by atoms with van der Waals surface area (Å²) in [6.45, 7) is 6.02. The molecular formula is C17H23N3. The lowest BCUT2D eigenvalue weighted by atomic mass is 10.1. The Morgan fingerprint density at radius 2 is 2.05 bits per heavy atom. The minimum Gasteiger partial charge on any atom is -0.309 e. The van der Waals surface area contributed by atoms with E-state index in [0.717, 1.165) is 18.8 Å². The van der Waals surface area contributed by atoms with Crippen LogP contribution in [0.25, 0.3) is 0 Å². The predicted molar refractivity (Wildman–Crippen MR) is 81.8 cm³/mol. The standard InChI is InChI=1S/C17H23N3/c1-13(2)18-11-17-8-9-20(19-17)12-14-6-7-15-4-3-5-16(15)10-14/h6-10,13,18H,3-5,11-12H2,1-2H3. The van der Waals surface area contributed by atoms with Gasteiger partial charge in [-0.25, -0.2) is 0 Å². The van der Waals surface area contributed by atoms with Crippen molar-refractivity contribution >= 4 is 0 Å². The molecule has 0 saturated heterocycles. The van der Waals surface area contributed by atoms with Gasteiger partial charge in [0.1, 0.15) is 0 Å². The average molecular weight is 269 g/mol. The summed E-state index contributed by atoms with van der Waals surface area (Å²) >= 11 is 0. The first-order valence-electron chi connectivity index (χ1n) is 7.57. The Morgan fingerprint density at radius 1 is 1.20 bits per heavy atom. The number of rotatable bonds is 5. The van der Waals surface area contributed by atoms with Crippen LogP contribution >= 0.6 is 0 Å². The van der Waals surface area contributed by atoms with E-state index in [-0.39, 0.29) is 0 Å². The quantitative estimate of drug-likeness (QED) is 0.904. The second-order valence-electron chi connectivity index (χ2n) is 6.00. The lowest BCUT2D eigenvalue weighted by molar-refractivity contribution is 0.570. The van der Waals surface area contributed by atoms with Gasteiger partial charge in [0.05, 0.1) is 12.2 Å². The summed E-state index contributed by atoms with van der Waals surface area (Å²) < 4.78 is 2.04. The van der Waals surface area contributed by atoms with Crippen molar-refractivity contribution < 1.29 is 0 Å².